The van der Waals surface area contributed by atoms with Crippen molar-refractivity contribution in [2.45, 2.75) is 23.6 Å². The first-order valence-corrected chi connectivity index (χ1v) is 7.46. The molecule has 0 saturated carbocycles. The number of thiophene rings is 1. The van der Waals surface area contributed by atoms with Crippen molar-refractivity contribution in [2.24, 2.45) is 5.73 Å². The van der Waals surface area contributed by atoms with E-state index in [1.807, 2.05) is 0 Å². The lowest BCUT2D eigenvalue weighted by molar-refractivity contribution is -0.118. The maximum Gasteiger partial charge on any atom is 0.250 e. The second kappa shape index (κ2) is 5.26. The molecule has 0 spiro atoms. The molecule has 3 N–H and O–H groups in total. The average molecular weight is 327 g/mol. The highest BCUT2D eigenvalue weighted by Gasteiger charge is 2.20. The van der Waals surface area contributed by atoms with Crippen LogP contribution < -0.4 is 10.5 Å². The van der Waals surface area contributed by atoms with Gasteiger partial charge in [-0.05, 0) is 35.0 Å². The summed E-state index contributed by atoms with van der Waals surface area (Å²) in [5.41, 5.74) is 4.98. The second-order valence-electron chi connectivity index (χ2n) is 3.25. The smallest absolute Gasteiger partial charge is 0.250 e. The number of amides is 1. The van der Waals surface area contributed by atoms with E-state index in [1.54, 1.807) is 13.0 Å². The summed E-state index contributed by atoms with van der Waals surface area (Å²) in [5.74, 6) is -0.539. The minimum absolute atomic E-state index is 0.0220. The van der Waals surface area contributed by atoms with Crippen LogP contribution in [0.5, 0.6) is 0 Å². The van der Waals surface area contributed by atoms with Gasteiger partial charge in [0.2, 0.25) is 15.9 Å². The lowest BCUT2D eigenvalue weighted by Gasteiger charge is -2.10. The SMILES string of the molecule is CC(CC(N)=O)NS(=O)(=O)c1ccc(Br)s1. The molecule has 5 nitrogen and oxygen atoms in total. The van der Waals surface area contributed by atoms with Gasteiger partial charge in [0, 0.05) is 12.5 Å². The molecule has 1 atom stereocenters. The summed E-state index contributed by atoms with van der Waals surface area (Å²) in [6.07, 6.45) is -0.0220. The first kappa shape index (κ1) is 13.6. The molecular weight excluding hydrogens is 316 g/mol. The number of rotatable bonds is 5. The van der Waals surface area contributed by atoms with E-state index in [0.717, 1.165) is 15.1 Å². The zero-order valence-corrected chi connectivity index (χ0v) is 11.7. The standard InChI is InChI=1S/C8H11BrN2O3S2/c1-5(4-7(10)12)11-16(13,14)8-3-2-6(9)15-8/h2-3,5,11H,4H2,1H3,(H2,10,12). The highest BCUT2D eigenvalue weighted by Crippen LogP contribution is 2.25. The van der Waals surface area contributed by atoms with Crippen LogP contribution in [0.3, 0.4) is 0 Å². The fourth-order valence-electron chi connectivity index (χ4n) is 1.11. The number of nitrogens with two attached hydrogens (primary N) is 1. The molecule has 1 aromatic rings. The van der Waals surface area contributed by atoms with E-state index in [2.05, 4.69) is 20.7 Å². The molecule has 1 heterocycles. The fraction of sp³-hybridized carbons (Fsp3) is 0.375. The largest absolute Gasteiger partial charge is 0.370 e. The van der Waals surface area contributed by atoms with Crippen LogP contribution in [0, 0.1) is 0 Å². The summed E-state index contributed by atoms with van der Waals surface area (Å²) < 4.78 is 26.8. The molecule has 0 radical (unpaired) electrons. The van der Waals surface area contributed by atoms with E-state index in [4.69, 9.17) is 5.73 Å². The average Bonchev–Trinajstić information content (AvgIpc) is 2.49. The van der Waals surface area contributed by atoms with Crippen molar-refractivity contribution < 1.29 is 13.2 Å². The molecule has 90 valence electrons. The molecule has 0 aliphatic carbocycles. The number of hydrogen-bond donors (Lipinski definition) is 2. The van der Waals surface area contributed by atoms with Crippen molar-refractivity contribution in [2.75, 3.05) is 0 Å². The van der Waals surface area contributed by atoms with Gasteiger partial charge in [0.1, 0.15) is 4.21 Å². The summed E-state index contributed by atoms with van der Waals surface area (Å²) in [6, 6.07) is 2.63. The maximum atomic E-state index is 11.8. The molecule has 1 amide bonds. The fourth-order valence-corrected chi connectivity index (χ4v) is 4.38. The zero-order chi connectivity index (χ0) is 12.3. The number of primary amides is 1. The topological polar surface area (TPSA) is 89.3 Å². The van der Waals surface area contributed by atoms with Gasteiger partial charge in [0.25, 0.3) is 0 Å². The van der Waals surface area contributed by atoms with Gasteiger partial charge in [-0.15, -0.1) is 11.3 Å². The second-order valence-corrected chi connectivity index (χ2v) is 7.66. The lowest BCUT2D eigenvalue weighted by atomic mass is 10.2. The number of carbonyl (C=O) groups excluding carboxylic acids is 1. The minimum atomic E-state index is -3.55. The number of nitrogens with one attached hydrogen (secondary N) is 1. The Bertz CT molecular complexity index is 483. The van der Waals surface area contributed by atoms with Crippen LogP contribution in [0.15, 0.2) is 20.1 Å². The monoisotopic (exact) mass is 326 g/mol. The molecule has 1 unspecified atom stereocenters. The normalized spacial score (nSPS) is 13.6. The van der Waals surface area contributed by atoms with Crippen LogP contribution >= 0.6 is 27.3 Å². The molecular formula is C8H11BrN2O3S2. The van der Waals surface area contributed by atoms with Gasteiger partial charge >= 0.3 is 0 Å². The Balaban J connectivity index is 2.76. The van der Waals surface area contributed by atoms with Crippen LogP contribution in [0.1, 0.15) is 13.3 Å². The van der Waals surface area contributed by atoms with Gasteiger partial charge < -0.3 is 5.73 Å². The van der Waals surface area contributed by atoms with E-state index in [0.29, 0.717) is 0 Å². The number of halogens is 1. The van der Waals surface area contributed by atoms with Crippen LogP contribution in [0.4, 0.5) is 0 Å². The molecule has 0 aromatic carbocycles. The highest BCUT2D eigenvalue weighted by atomic mass is 79.9. The van der Waals surface area contributed by atoms with E-state index in [1.165, 1.54) is 6.07 Å². The Morgan fingerprint density at radius 1 is 1.62 bits per heavy atom. The summed E-state index contributed by atoms with van der Waals surface area (Å²) in [7, 11) is -3.55. The molecule has 0 aliphatic heterocycles. The molecule has 16 heavy (non-hydrogen) atoms. The van der Waals surface area contributed by atoms with E-state index in [-0.39, 0.29) is 10.6 Å². The van der Waals surface area contributed by atoms with Crippen LogP contribution in [-0.4, -0.2) is 20.4 Å². The van der Waals surface area contributed by atoms with Crippen molar-refractivity contribution in [3.8, 4) is 0 Å². The molecule has 1 aromatic heterocycles. The third-order valence-electron chi connectivity index (χ3n) is 1.68. The quantitative estimate of drug-likeness (QED) is 0.847. The van der Waals surface area contributed by atoms with Gasteiger partial charge in [-0.2, -0.15) is 0 Å². The third kappa shape index (κ3) is 3.85. The van der Waals surface area contributed by atoms with Gasteiger partial charge in [0.15, 0.2) is 0 Å². The Morgan fingerprint density at radius 3 is 2.69 bits per heavy atom. The van der Waals surface area contributed by atoms with E-state index in [9.17, 15) is 13.2 Å². The van der Waals surface area contributed by atoms with Gasteiger partial charge in [-0.3, -0.25) is 4.79 Å². The van der Waals surface area contributed by atoms with E-state index < -0.39 is 22.0 Å². The molecule has 0 fully saturated rings. The van der Waals surface area contributed by atoms with Crippen molar-refractivity contribution in [3.63, 3.8) is 0 Å². The molecule has 0 bridgehead atoms. The van der Waals surface area contributed by atoms with Crippen LogP contribution in [-0.2, 0) is 14.8 Å². The van der Waals surface area contributed by atoms with Gasteiger partial charge in [-0.25, -0.2) is 13.1 Å². The van der Waals surface area contributed by atoms with Crippen molar-refractivity contribution in [3.05, 3.63) is 15.9 Å². The Hall–Kier alpha value is -0.440. The lowest BCUT2D eigenvalue weighted by Crippen LogP contribution is -2.35. The number of hydrogen-bond acceptors (Lipinski definition) is 4. The first-order chi connectivity index (χ1) is 7.31. The summed E-state index contributed by atoms with van der Waals surface area (Å²) in [5, 5.41) is 0. The van der Waals surface area contributed by atoms with Gasteiger partial charge in [-0.1, -0.05) is 0 Å². The Morgan fingerprint density at radius 2 is 2.25 bits per heavy atom. The molecule has 0 aliphatic rings. The van der Waals surface area contributed by atoms with Crippen molar-refractivity contribution >= 4 is 43.2 Å². The van der Waals surface area contributed by atoms with Crippen molar-refractivity contribution in [1.82, 2.24) is 4.72 Å². The zero-order valence-electron chi connectivity index (χ0n) is 8.44. The minimum Gasteiger partial charge on any atom is -0.370 e. The highest BCUT2D eigenvalue weighted by molar-refractivity contribution is 9.11. The number of sulfonamides is 1. The van der Waals surface area contributed by atoms with Gasteiger partial charge in [0.05, 0.1) is 3.79 Å². The Labute approximate surface area is 106 Å². The first-order valence-electron chi connectivity index (χ1n) is 4.37. The maximum absolute atomic E-state index is 11.8. The Kier molecular flexibility index (Phi) is 4.48. The summed E-state index contributed by atoms with van der Waals surface area (Å²) >= 11 is 4.29. The molecule has 0 saturated heterocycles. The molecule has 8 heteroatoms. The third-order valence-corrected chi connectivity index (χ3v) is 5.38. The van der Waals surface area contributed by atoms with E-state index >= 15 is 0 Å². The predicted molar refractivity (Wildman–Crippen MR) is 65.6 cm³/mol. The summed E-state index contributed by atoms with van der Waals surface area (Å²) in [4.78, 5) is 10.6. The number of carbonyl (C=O) groups is 1. The molecule has 1 rings (SSSR count). The summed E-state index contributed by atoms with van der Waals surface area (Å²) in [6.45, 7) is 1.59. The van der Waals surface area contributed by atoms with Crippen LogP contribution in [0.2, 0.25) is 0 Å². The van der Waals surface area contributed by atoms with Crippen molar-refractivity contribution in [1.29, 1.82) is 0 Å². The van der Waals surface area contributed by atoms with Crippen LogP contribution in [0.25, 0.3) is 0 Å². The predicted octanol–water partition coefficient (Wildman–Crippen LogP) is 1.05.